The van der Waals surface area contributed by atoms with Crippen molar-refractivity contribution in [2.75, 3.05) is 6.61 Å². The molecule has 6 nitrogen and oxygen atoms in total. The normalized spacial score (nSPS) is 17.2. The Morgan fingerprint density at radius 2 is 2.23 bits per heavy atom. The Hall–Kier alpha value is -2.67. The van der Waals surface area contributed by atoms with Crippen molar-refractivity contribution in [3.8, 4) is 5.75 Å². The van der Waals surface area contributed by atoms with E-state index in [2.05, 4.69) is 10.3 Å². The second kappa shape index (κ2) is 8.14. The molecule has 136 valence electrons. The molecule has 1 N–H and O–H groups in total. The number of amides is 1. The zero-order chi connectivity index (χ0) is 18.5. The molecule has 1 aliphatic heterocycles. The molecule has 7 heteroatoms. The molecule has 1 aromatic heterocycles. The Morgan fingerprint density at radius 3 is 3.00 bits per heavy atom. The number of rotatable bonds is 5. The Labute approximate surface area is 155 Å². The highest BCUT2D eigenvalue weighted by Gasteiger charge is 2.25. The molecular formula is C19H20N2O4S. The van der Waals surface area contributed by atoms with Gasteiger partial charge in [-0.1, -0.05) is 18.2 Å². The second-order valence-corrected chi connectivity index (χ2v) is 7.00. The number of fused-ring (bicyclic) bond motifs is 1. The molecule has 0 spiro atoms. The average molecular weight is 372 g/mol. The van der Waals surface area contributed by atoms with Crippen LogP contribution in [0.3, 0.4) is 0 Å². The van der Waals surface area contributed by atoms with Crippen molar-refractivity contribution < 1.29 is 19.1 Å². The summed E-state index contributed by atoms with van der Waals surface area (Å²) in [5, 5.41) is 5.69. The third-order valence-corrected chi connectivity index (χ3v) is 4.76. The second-order valence-electron chi connectivity index (χ2n) is 5.94. The maximum absolute atomic E-state index is 12.4. The summed E-state index contributed by atoms with van der Waals surface area (Å²) in [7, 11) is 0. The van der Waals surface area contributed by atoms with Crippen LogP contribution in [0.4, 0.5) is 0 Å². The molecule has 0 radical (unpaired) electrons. The van der Waals surface area contributed by atoms with Crippen LogP contribution in [0.25, 0.3) is 6.08 Å². The van der Waals surface area contributed by atoms with E-state index in [0.29, 0.717) is 18.7 Å². The summed E-state index contributed by atoms with van der Waals surface area (Å²) in [4.78, 5) is 28.5. The number of aryl methyl sites for hydroxylation is 1. The number of aromatic nitrogens is 1. The van der Waals surface area contributed by atoms with Crippen LogP contribution in [0.2, 0.25) is 0 Å². The fraction of sp³-hybridized carbons (Fsp3) is 0.316. The lowest BCUT2D eigenvalue weighted by atomic mass is 10.0. The van der Waals surface area contributed by atoms with Gasteiger partial charge in [0.1, 0.15) is 5.75 Å². The lowest BCUT2D eigenvalue weighted by Gasteiger charge is -2.27. The number of carbonyl (C=O) groups is 2. The van der Waals surface area contributed by atoms with E-state index in [9.17, 15) is 9.59 Å². The van der Waals surface area contributed by atoms with Crippen molar-refractivity contribution in [1.29, 1.82) is 0 Å². The molecule has 2 heterocycles. The fourth-order valence-electron chi connectivity index (χ4n) is 2.66. The van der Waals surface area contributed by atoms with Crippen LogP contribution >= 0.6 is 11.3 Å². The minimum Gasteiger partial charge on any atom is -0.493 e. The van der Waals surface area contributed by atoms with Gasteiger partial charge in [-0.3, -0.25) is 4.79 Å². The summed E-state index contributed by atoms with van der Waals surface area (Å²) < 4.78 is 10.8. The summed E-state index contributed by atoms with van der Waals surface area (Å²) in [5.74, 6) is -0.140. The number of thiazole rings is 1. The summed E-state index contributed by atoms with van der Waals surface area (Å²) in [6.45, 7) is 3.98. The van der Waals surface area contributed by atoms with Crippen LogP contribution in [-0.4, -0.2) is 29.6 Å². The summed E-state index contributed by atoms with van der Waals surface area (Å²) in [6, 6.07) is 7.45. The van der Waals surface area contributed by atoms with Gasteiger partial charge in [-0.25, -0.2) is 9.78 Å². The van der Waals surface area contributed by atoms with Crippen LogP contribution in [-0.2, 0) is 14.3 Å². The quantitative estimate of drug-likeness (QED) is 0.645. The van der Waals surface area contributed by atoms with Gasteiger partial charge in [-0.05, 0) is 26.0 Å². The molecular weight excluding hydrogens is 352 g/mol. The van der Waals surface area contributed by atoms with Gasteiger partial charge in [0.2, 0.25) is 0 Å². The first kappa shape index (κ1) is 18.1. The van der Waals surface area contributed by atoms with Gasteiger partial charge < -0.3 is 14.8 Å². The number of carbonyl (C=O) groups excluding carboxylic acids is 2. The number of hydrogen-bond acceptors (Lipinski definition) is 6. The summed E-state index contributed by atoms with van der Waals surface area (Å²) in [5.41, 5.74) is 1.63. The number of esters is 1. The molecule has 1 aliphatic rings. The minimum absolute atomic E-state index is 0.151. The minimum atomic E-state index is -0.890. The molecule has 1 amide bonds. The SMILES string of the molecule is Cc1nc(/C=C/C(=O)OC(C)C(=O)NC2CCOc3ccccc32)cs1. The van der Waals surface area contributed by atoms with Gasteiger partial charge >= 0.3 is 5.97 Å². The first-order valence-corrected chi connectivity index (χ1v) is 9.24. The van der Waals surface area contributed by atoms with Crippen LogP contribution < -0.4 is 10.1 Å². The van der Waals surface area contributed by atoms with E-state index in [0.717, 1.165) is 16.3 Å². The maximum atomic E-state index is 12.4. The molecule has 2 unspecified atom stereocenters. The van der Waals surface area contributed by atoms with E-state index in [1.165, 1.54) is 17.4 Å². The number of nitrogens with one attached hydrogen (secondary N) is 1. The van der Waals surface area contributed by atoms with E-state index < -0.39 is 12.1 Å². The van der Waals surface area contributed by atoms with Crippen LogP contribution in [0.1, 0.15) is 35.7 Å². The topological polar surface area (TPSA) is 77.5 Å². The fourth-order valence-corrected chi connectivity index (χ4v) is 3.24. The Bertz CT molecular complexity index is 830. The molecule has 3 rings (SSSR count). The van der Waals surface area contributed by atoms with E-state index in [1.54, 1.807) is 13.0 Å². The van der Waals surface area contributed by atoms with Crippen molar-refractivity contribution in [1.82, 2.24) is 10.3 Å². The van der Waals surface area contributed by atoms with E-state index in [-0.39, 0.29) is 11.9 Å². The smallest absolute Gasteiger partial charge is 0.331 e. The van der Waals surface area contributed by atoms with Crippen LogP contribution in [0, 0.1) is 6.92 Å². The largest absolute Gasteiger partial charge is 0.493 e. The highest BCUT2D eigenvalue weighted by Crippen LogP contribution is 2.31. The van der Waals surface area contributed by atoms with Gasteiger partial charge in [0.05, 0.1) is 23.4 Å². The molecule has 0 bridgehead atoms. The number of hydrogen-bond donors (Lipinski definition) is 1. The molecule has 0 fully saturated rings. The lowest BCUT2D eigenvalue weighted by molar-refractivity contribution is -0.150. The van der Waals surface area contributed by atoms with Gasteiger partial charge in [-0.2, -0.15) is 0 Å². The highest BCUT2D eigenvalue weighted by atomic mass is 32.1. The van der Waals surface area contributed by atoms with Gasteiger partial charge in [0.25, 0.3) is 5.91 Å². The molecule has 26 heavy (non-hydrogen) atoms. The summed E-state index contributed by atoms with van der Waals surface area (Å²) in [6.07, 6.45) is 2.64. The maximum Gasteiger partial charge on any atom is 0.331 e. The standard InChI is InChI=1S/C19H20N2O4S/c1-12(25-18(22)8-7-14-11-26-13(2)20-14)19(23)21-16-9-10-24-17-6-4-3-5-15(16)17/h3-8,11-12,16H,9-10H2,1-2H3,(H,21,23)/b8-7+. The number of ether oxygens (including phenoxy) is 2. The van der Waals surface area contributed by atoms with Crippen molar-refractivity contribution in [2.45, 2.75) is 32.4 Å². The molecule has 2 atom stereocenters. The third kappa shape index (κ3) is 4.49. The zero-order valence-corrected chi connectivity index (χ0v) is 15.4. The Kier molecular flexibility index (Phi) is 5.68. The van der Waals surface area contributed by atoms with Crippen LogP contribution in [0.15, 0.2) is 35.7 Å². The van der Waals surface area contributed by atoms with Crippen molar-refractivity contribution in [3.05, 3.63) is 52.0 Å². The van der Waals surface area contributed by atoms with Gasteiger partial charge in [0.15, 0.2) is 6.10 Å². The third-order valence-electron chi connectivity index (χ3n) is 3.96. The number of nitrogens with zero attached hydrogens (tertiary/aromatic N) is 1. The van der Waals surface area contributed by atoms with E-state index in [4.69, 9.17) is 9.47 Å². The molecule has 0 aliphatic carbocycles. The first-order valence-electron chi connectivity index (χ1n) is 8.36. The van der Waals surface area contributed by atoms with Gasteiger partial charge in [0, 0.05) is 23.4 Å². The van der Waals surface area contributed by atoms with Crippen LogP contribution in [0.5, 0.6) is 5.75 Å². The molecule has 0 saturated heterocycles. The Balaban J connectivity index is 1.55. The zero-order valence-electron chi connectivity index (χ0n) is 14.6. The Morgan fingerprint density at radius 1 is 1.42 bits per heavy atom. The highest BCUT2D eigenvalue weighted by molar-refractivity contribution is 7.09. The van der Waals surface area contributed by atoms with Crippen molar-refractivity contribution >= 4 is 29.3 Å². The average Bonchev–Trinajstić information content (AvgIpc) is 3.05. The molecule has 1 aromatic carbocycles. The van der Waals surface area contributed by atoms with Crippen molar-refractivity contribution in [3.63, 3.8) is 0 Å². The lowest BCUT2D eigenvalue weighted by Crippen LogP contribution is -2.39. The first-order chi connectivity index (χ1) is 12.5. The molecule has 0 saturated carbocycles. The van der Waals surface area contributed by atoms with Crippen molar-refractivity contribution in [2.24, 2.45) is 0 Å². The molecule has 2 aromatic rings. The monoisotopic (exact) mass is 372 g/mol. The number of para-hydroxylation sites is 1. The predicted octanol–water partition coefficient (Wildman–Crippen LogP) is 3.04. The predicted molar refractivity (Wildman–Crippen MR) is 98.9 cm³/mol. The summed E-state index contributed by atoms with van der Waals surface area (Å²) >= 11 is 1.50. The number of benzene rings is 1. The van der Waals surface area contributed by atoms with E-state index >= 15 is 0 Å². The van der Waals surface area contributed by atoms with E-state index in [1.807, 2.05) is 36.6 Å². The van der Waals surface area contributed by atoms with Gasteiger partial charge in [-0.15, -0.1) is 11.3 Å².